The van der Waals surface area contributed by atoms with Crippen molar-refractivity contribution < 1.29 is 0 Å². The highest BCUT2D eigenvalue weighted by molar-refractivity contribution is 7.85. The molecule has 0 N–H and O–H groups in total. The molecule has 4 nitrogen and oxygen atoms in total. The fourth-order valence-electron chi connectivity index (χ4n) is 2.67. The van der Waals surface area contributed by atoms with Crippen LogP contribution >= 0.6 is 25.3 Å². The van der Waals surface area contributed by atoms with Gasteiger partial charge in [0, 0.05) is 25.5 Å². The lowest BCUT2D eigenvalue weighted by Crippen LogP contribution is -2.25. The van der Waals surface area contributed by atoms with E-state index in [1.54, 1.807) is 0 Å². The highest BCUT2D eigenvalue weighted by Crippen LogP contribution is 2.12. The van der Waals surface area contributed by atoms with Crippen LogP contribution in [0.4, 0.5) is 0 Å². The molecule has 0 aliphatic carbocycles. The molecule has 0 amide bonds. The maximum atomic E-state index is 7.18. The van der Waals surface area contributed by atoms with Crippen molar-refractivity contribution in [2.75, 3.05) is 19.8 Å². The second-order valence-corrected chi connectivity index (χ2v) is 6.44. The van der Waals surface area contributed by atoms with Crippen LogP contribution in [0.5, 0.6) is 0 Å². The summed E-state index contributed by atoms with van der Waals surface area (Å²) in [5, 5.41) is 17.3. The Morgan fingerprint density at radius 2 is 1.16 bits per heavy atom. The number of unbranched alkanes of at least 4 members (excludes halogenated alkanes) is 9. The molecule has 1 rings (SSSR count). The lowest BCUT2D eigenvalue weighted by Gasteiger charge is -2.19. The van der Waals surface area contributed by atoms with Gasteiger partial charge in [0.15, 0.2) is 0 Å². The summed E-state index contributed by atoms with van der Waals surface area (Å²) in [7, 11) is 0. The molecule has 0 fully saturated rings. The molecule has 144 valence electrons. The van der Waals surface area contributed by atoms with E-state index in [2.05, 4.69) is 61.3 Å². The van der Waals surface area contributed by atoms with E-state index >= 15 is 0 Å². The highest BCUT2D eigenvalue weighted by atomic mass is 32.1. The van der Waals surface area contributed by atoms with Crippen molar-refractivity contribution >= 4 is 25.3 Å². The van der Waals surface area contributed by atoms with Crippen LogP contribution < -0.4 is 0 Å². The van der Waals surface area contributed by atoms with Gasteiger partial charge in [0.2, 0.25) is 0 Å². The summed E-state index contributed by atoms with van der Waals surface area (Å²) in [6.07, 6.45) is 18.7. The first-order valence-corrected chi connectivity index (χ1v) is 10.3. The minimum atomic E-state index is 1.11. The van der Waals surface area contributed by atoms with Gasteiger partial charge in [0.05, 0.1) is 6.67 Å². The van der Waals surface area contributed by atoms with Crippen molar-refractivity contribution in [1.29, 1.82) is 10.5 Å². The van der Waals surface area contributed by atoms with Gasteiger partial charge in [-0.15, -0.1) is 0 Å². The van der Waals surface area contributed by atoms with E-state index in [4.69, 9.17) is 10.5 Å². The number of rotatable bonds is 12. The monoisotopic (exact) mass is 384 g/mol. The minimum Gasteiger partial charge on any atom is -0.359 e. The van der Waals surface area contributed by atoms with E-state index in [9.17, 15) is 0 Å². The van der Waals surface area contributed by atoms with Crippen LogP contribution in [-0.4, -0.2) is 29.6 Å². The van der Waals surface area contributed by atoms with Crippen LogP contribution in [-0.2, 0) is 0 Å². The van der Waals surface area contributed by atoms with E-state index in [0.29, 0.717) is 0 Å². The molecule has 1 aliphatic rings. The second-order valence-electron chi connectivity index (χ2n) is 6.04. The Labute approximate surface area is 166 Å². The molecule has 25 heavy (non-hydrogen) atoms. The Kier molecular flexibility index (Phi) is 24.2. The average molecular weight is 385 g/mol. The standard InChI is InChI=1S/C17H34N2.2CHNS/c1-3-5-6-7-8-9-10-11-12-13-14-19-16-15-18(4-2)17-19;2*2-1-3/h15-16H,3-14,17H2,1-2H3;2*3H. The minimum absolute atomic E-state index is 1.11. The quantitative estimate of drug-likeness (QED) is 0.255. The Bertz CT molecular complexity index is 363. The van der Waals surface area contributed by atoms with Gasteiger partial charge in [-0.3, -0.25) is 0 Å². The van der Waals surface area contributed by atoms with E-state index in [-0.39, 0.29) is 0 Å². The molecule has 1 aliphatic heterocycles. The van der Waals surface area contributed by atoms with Gasteiger partial charge in [-0.05, 0) is 13.3 Å². The molecule has 1 heterocycles. The van der Waals surface area contributed by atoms with Crippen LogP contribution in [0.25, 0.3) is 0 Å². The van der Waals surface area contributed by atoms with Crippen molar-refractivity contribution in [1.82, 2.24) is 9.80 Å². The molecule has 0 aromatic carbocycles. The Morgan fingerprint density at radius 1 is 0.760 bits per heavy atom. The third kappa shape index (κ3) is 21.0. The molecular weight excluding hydrogens is 348 g/mol. The van der Waals surface area contributed by atoms with Gasteiger partial charge < -0.3 is 9.80 Å². The smallest absolute Gasteiger partial charge is 0.130 e. The molecule has 0 aromatic rings. The van der Waals surface area contributed by atoms with Gasteiger partial charge in [-0.1, -0.05) is 90.0 Å². The van der Waals surface area contributed by atoms with Crippen molar-refractivity contribution in [3.8, 4) is 10.8 Å². The first-order valence-electron chi connectivity index (χ1n) is 9.42. The Morgan fingerprint density at radius 3 is 1.56 bits per heavy atom. The van der Waals surface area contributed by atoms with Crippen LogP contribution in [0.3, 0.4) is 0 Å². The van der Waals surface area contributed by atoms with Crippen molar-refractivity contribution in [3.05, 3.63) is 12.4 Å². The summed E-state index contributed by atoms with van der Waals surface area (Å²) in [5.74, 6) is 0. The van der Waals surface area contributed by atoms with Crippen LogP contribution in [0.2, 0.25) is 0 Å². The van der Waals surface area contributed by atoms with Crippen LogP contribution in [0.15, 0.2) is 12.4 Å². The van der Waals surface area contributed by atoms with Crippen molar-refractivity contribution in [2.24, 2.45) is 0 Å². The number of thiol groups is 2. The molecule has 0 unspecified atom stereocenters. The number of thiocyanates is 2. The Balaban J connectivity index is 0. The van der Waals surface area contributed by atoms with Crippen molar-refractivity contribution in [2.45, 2.75) is 78.1 Å². The van der Waals surface area contributed by atoms with E-state index < -0.39 is 0 Å². The predicted molar refractivity (Wildman–Crippen MR) is 114 cm³/mol. The number of hydrogen-bond acceptors (Lipinski definition) is 6. The molecule has 0 spiro atoms. The number of nitrogens with zero attached hydrogens (tertiary/aromatic N) is 4. The zero-order chi connectivity index (χ0) is 19.2. The van der Waals surface area contributed by atoms with E-state index in [0.717, 1.165) is 13.2 Å². The van der Waals surface area contributed by atoms with Crippen molar-refractivity contribution in [3.63, 3.8) is 0 Å². The SMILES string of the molecule is CCCCCCCCCCCCN1C=CN(CC)C1.N#CS.N#CS. The summed E-state index contributed by atoms with van der Waals surface area (Å²) in [6, 6.07) is 0. The summed E-state index contributed by atoms with van der Waals surface area (Å²) >= 11 is 6.19. The fraction of sp³-hybridized carbons (Fsp3) is 0.789. The third-order valence-corrected chi connectivity index (χ3v) is 4.06. The topological polar surface area (TPSA) is 54.1 Å². The summed E-state index contributed by atoms with van der Waals surface area (Å²) in [6.45, 7) is 7.98. The average Bonchev–Trinajstić information content (AvgIpc) is 3.06. The van der Waals surface area contributed by atoms with E-state index in [1.807, 2.05) is 0 Å². The van der Waals surface area contributed by atoms with Gasteiger partial charge in [0.25, 0.3) is 0 Å². The summed E-state index contributed by atoms with van der Waals surface area (Å²) in [4.78, 5) is 4.80. The highest BCUT2D eigenvalue weighted by Gasteiger charge is 2.08. The second kappa shape index (κ2) is 23.0. The lowest BCUT2D eigenvalue weighted by atomic mass is 10.1. The zero-order valence-electron chi connectivity index (χ0n) is 16.0. The molecule has 0 bridgehead atoms. The van der Waals surface area contributed by atoms with Crippen LogP contribution in [0.1, 0.15) is 78.1 Å². The largest absolute Gasteiger partial charge is 0.359 e. The predicted octanol–water partition coefficient (Wildman–Crippen LogP) is 5.77. The van der Waals surface area contributed by atoms with Gasteiger partial charge in [-0.25, -0.2) is 0 Å². The lowest BCUT2D eigenvalue weighted by molar-refractivity contribution is 0.268. The maximum absolute atomic E-state index is 7.18. The third-order valence-electron chi connectivity index (χ3n) is 4.06. The molecule has 0 saturated carbocycles. The van der Waals surface area contributed by atoms with Crippen LogP contribution in [0, 0.1) is 21.3 Å². The Hall–Kier alpha value is -0.980. The molecule has 0 saturated heterocycles. The number of hydrogen-bond donors (Lipinski definition) is 2. The normalized spacial score (nSPS) is 11.8. The first-order chi connectivity index (χ1) is 12.2. The van der Waals surface area contributed by atoms with Gasteiger partial charge in [0.1, 0.15) is 10.8 Å². The first kappa shape index (κ1) is 26.3. The van der Waals surface area contributed by atoms with E-state index in [1.165, 1.54) is 81.6 Å². The fourth-order valence-corrected chi connectivity index (χ4v) is 2.67. The number of nitriles is 2. The zero-order valence-corrected chi connectivity index (χ0v) is 17.8. The molecule has 0 radical (unpaired) electrons. The molecule has 0 atom stereocenters. The molecule has 0 aromatic heterocycles. The maximum Gasteiger partial charge on any atom is 0.130 e. The van der Waals surface area contributed by atoms with Gasteiger partial charge >= 0.3 is 0 Å². The summed E-state index contributed by atoms with van der Waals surface area (Å²) in [5.41, 5.74) is 0. The molecule has 6 heteroatoms. The van der Waals surface area contributed by atoms with Gasteiger partial charge in [-0.2, -0.15) is 10.5 Å². The molecular formula is C19H36N4S2. The summed E-state index contributed by atoms with van der Waals surface area (Å²) < 4.78 is 0.